The van der Waals surface area contributed by atoms with E-state index in [4.69, 9.17) is 0 Å². The number of aromatic nitrogens is 2. The first-order valence-corrected chi connectivity index (χ1v) is 6.32. The molecule has 3 nitrogen and oxygen atoms in total. The maximum Gasteiger partial charge on any atom is 0.139 e. The fourth-order valence-electron chi connectivity index (χ4n) is 2.52. The number of aliphatic hydroxyl groups excluding tert-OH is 1. The third-order valence-electron chi connectivity index (χ3n) is 3.42. The summed E-state index contributed by atoms with van der Waals surface area (Å²) in [6, 6.07) is 8.04. The molecule has 1 unspecified atom stereocenters. The van der Waals surface area contributed by atoms with E-state index in [0.29, 0.717) is 5.82 Å². The molecule has 0 saturated heterocycles. The van der Waals surface area contributed by atoms with Gasteiger partial charge in [0.25, 0.3) is 0 Å². The molecule has 0 saturated carbocycles. The number of rotatable bonds is 3. The Kier molecular flexibility index (Phi) is 2.99. The summed E-state index contributed by atoms with van der Waals surface area (Å²) in [7, 11) is 0. The van der Waals surface area contributed by atoms with Crippen LogP contribution < -0.4 is 0 Å². The Bertz CT molecular complexity index is 558. The molecule has 2 N–H and O–H groups in total. The minimum absolute atomic E-state index is 0.598. The van der Waals surface area contributed by atoms with E-state index in [1.807, 2.05) is 18.2 Å². The highest BCUT2D eigenvalue weighted by Gasteiger charge is 2.19. The number of hydrogen-bond donors (Lipinski definition) is 2. The molecule has 0 amide bonds. The highest BCUT2D eigenvalue weighted by atomic mass is 16.3. The van der Waals surface area contributed by atoms with Crippen molar-refractivity contribution in [2.24, 2.45) is 0 Å². The predicted octanol–water partition coefficient (Wildman–Crippen LogP) is 3.06. The molecule has 0 spiro atoms. The largest absolute Gasteiger partial charge is 0.380 e. The van der Waals surface area contributed by atoms with E-state index < -0.39 is 6.10 Å². The van der Waals surface area contributed by atoms with Crippen LogP contribution in [0, 0.1) is 0 Å². The quantitative estimate of drug-likeness (QED) is 0.866. The molecular formula is C15H16N2O. The van der Waals surface area contributed by atoms with Crippen LogP contribution in [-0.4, -0.2) is 15.1 Å². The lowest BCUT2D eigenvalue weighted by Gasteiger charge is -2.14. The maximum atomic E-state index is 10.4. The molecule has 1 aliphatic carbocycles. The van der Waals surface area contributed by atoms with Gasteiger partial charge in [-0.15, -0.1) is 0 Å². The van der Waals surface area contributed by atoms with Crippen molar-refractivity contribution in [3.05, 3.63) is 59.7 Å². The second-order valence-corrected chi connectivity index (χ2v) is 4.59. The lowest BCUT2D eigenvalue weighted by atomic mass is 9.95. The van der Waals surface area contributed by atoms with E-state index in [2.05, 4.69) is 22.1 Å². The van der Waals surface area contributed by atoms with Gasteiger partial charge in [-0.2, -0.15) is 0 Å². The molecular weight excluding hydrogens is 224 g/mol. The number of H-pyrrole nitrogens is 1. The molecule has 1 aromatic carbocycles. The molecule has 0 aliphatic heterocycles. The molecule has 3 heteroatoms. The average molecular weight is 240 g/mol. The summed E-state index contributed by atoms with van der Waals surface area (Å²) >= 11 is 0. The normalized spacial score (nSPS) is 16.6. The SMILES string of the molecule is OC(c1ncc[nH]1)c1ccccc1C1=CCCC1. The summed E-state index contributed by atoms with van der Waals surface area (Å²) in [5.74, 6) is 0.598. The number of nitrogens with zero attached hydrogens (tertiary/aromatic N) is 1. The van der Waals surface area contributed by atoms with Gasteiger partial charge in [0.1, 0.15) is 11.9 Å². The third-order valence-corrected chi connectivity index (χ3v) is 3.42. The van der Waals surface area contributed by atoms with E-state index in [0.717, 1.165) is 24.0 Å². The van der Waals surface area contributed by atoms with E-state index in [1.54, 1.807) is 12.4 Å². The fraction of sp³-hybridized carbons (Fsp3) is 0.267. The molecule has 0 fully saturated rings. The van der Waals surface area contributed by atoms with Crippen LogP contribution in [0.5, 0.6) is 0 Å². The molecule has 0 radical (unpaired) electrons. The topological polar surface area (TPSA) is 48.9 Å². The van der Waals surface area contributed by atoms with Crippen molar-refractivity contribution in [3.63, 3.8) is 0 Å². The molecule has 92 valence electrons. The van der Waals surface area contributed by atoms with Crippen molar-refractivity contribution in [2.45, 2.75) is 25.4 Å². The summed E-state index contributed by atoms with van der Waals surface area (Å²) in [5.41, 5.74) is 3.43. The number of nitrogens with one attached hydrogen (secondary N) is 1. The number of aliphatic hydroxyl groups is 1. The van der Waals surface area contributed by atoms with Crippen LogP contribution in [0.15, 0.2) is 42.7 Å². The molecule has 3 rings (SSSR count). The lowest BCUT2D eigenvalue weighted by Crippen LogP contribution is -2.05. The van der Waals surface area contributed by atoms with Crippen molar-refractivity contribution in [2.75, 3.05) is 0 Å². The molecule has 18 heavy (non-hydrogen) atoms. The van der Waals surface area contributed by atoms with Gasteiger partial charge in [0.05, 0.1) is 0 Å². The van der Waals surface area contributed by atoms with Gasteiger partial charge in [0.15, 0.2) is 0 Å². The van der Waals surface area contributed by atoms with Crippen LogP contribution in [0.4, 0.5) is 0 Å². The van der Waals surface area contributed by atoms with Gasteiger partial charge in [-0.3, -0.25) is 0 Å². The Labute approximate surface area is 106 Å². The number of hydrogen-bond acceptors (Lipinski definition) is 2. The smallest absolute Gasteiger partial charge is 0.139 e. The number of benzene rings is 1. The minimum atomic E-state index is -0.683. The second kappa shape index (κ2) is 4.78. The molecule has 2 aromatic rings. The standard InChI is InChI=1S/C15H16N2O/c18-14(15-16-9-10-17-15)13-8-4-3-7-12(13)11-5-1-2-6-11/h3-5,7-10,14,18H,1-2,6H2,(H,16,17). The van der Waals surface area contributed by atoms with Crippen LogP contribution in [0.1, 0.15) is 42.3 Å². The fourth-order valence-corrected chi connectivity index (χ4v) is 2.52. The summed E-state index contributed by atoms with van der Waals surface area (Å²) in [6.07, 6.45) is 8.43. The van der Waals surface area contributed by atoms with Gasteiger partial charge in [-0.05, 0) is 36.0 Å². The predicted molar refractivity (Wildman–Crippen MR) is 70.9 cm³/mol. The zero-order valence-corrected chi connectivity index (χ0v) is 10.1. The van der Waals surface area contributed by atoms with Crippen LogP contribution in [0.3, 0.4) is 0 Å². The van der Waals surface area contributed by atoms with Gasteiger partial charge in [-0.1, -0.05) is 30.3 Å². The average Bonchev–Trinajstić information content (AvgIpc) is 3.11. The highest BCUT2D eigenvalue weighted by molar-refractivity contribution is 5.70. The first kappa shape index (κ1) is 11.2. The first-order chi connectivity index (χ1) is 8.86. The van der Waals surface area contributed by atoms with Gasteiger partial charge in [-0.25, -0.2) is 4.98 Å². The van der Waals surface area contributed by atoms with Crippen molar-refractivity contribution < 1.29 is 5.11 Å². The number of aromatic amines is 1. The summed E-state index contributed by atoms with van der Waals surface area (Å²) in [5, 5.41) is 10.4. The summed E-state index contributed by atoms with van der Waals surface area (Å²) in [4.78, 5) is 7.11. The monoisotopic (exact) mass is 240 g/mol. The Balaban J connectivity index is 2.01. The van der Waals surface area contributed by atoms with Crippen LogP contribution in [0.25, 0.3) is 5.57 Å². The zero-order chi connectivity index (χ0) is 12.4. The van der Waals surface area contributed by atoms with Gasteiger partial charge < -0.3 is 10.1 Å². The first-order valence-electron chi connectivity index (χ1n) is 6.32. The van der Waals surface area contributed by atoms with Crippen molar-refractivity contribution >= 4 is 5.57 Å². The Morgan fingerprint density at radius 2 is 2.17 bits per heavy atom. The molecule has 1 aliphatic rings. The zero-order valence-electron chi connectivity index (χ0n) is 10.1. The van der Waals surface area contributed by atoms with Gasteiger partial charge in [0, 0.05) is 12.4 Å². The van der Waals surface area contributed by atoms with E-state index >= 15 is 0 Å². The Morgan fingerprint density at radius 3 is 2.89 bits per heavy atom. The summed E-state index contributed by atoms with van der Waals surface area (Å²) in [6.45, 7) is 0. The summed E-state index contributed by atoms with van der Waals surface area (Å²) < 4.78 is 0. The third kappa shape index (κ3) is 1.97. The second-order valence-electron chi connectivity index (χ2n) is 4.59. The number of allylic oxidation sites excluding steroid dienone is 2. The van der Waals surface area contributed by atoms with E-state index in [-0.39, 0.29) is 0 Å². The van der Waals surface area contributed by atoms with Gasteiger partial charge >= 0.3 is 0 Å². The molecule has 1 atom stereocenters. The van der Waals surface area contributed by atoms with Gasteiger partial charge in [0.2, 0.25) is 0 Å². The Hall–Kier alpha value is -1.87. The van der Waals surface area contributed by atoms with Crippen LogP contribution >= 0.6 is 0 Å². The molecule has 1 aromatic heterocycles. The van der Waals surface area contributed by atoms with Crippen molar-refractivity contribution in [1.29, 1.82) is 0 Å². The van der Waals surface area contributed by atoms with Crippen molar-refractivity contribution in [3.8, 4) is 0 Å². The molecule has 0 bridgehead atoms. The van der Waals surface area contributed by atoms with Crippen LogP contribution in [0.2, 0.25) is 0 Å². The Morgan fingerprint density at radius 1 is 1.28 bits per heavy atom. The minimum Gasteiger partial charge on any atom is -0.380 e. The number of imidazole rings is 1. The lowest BCUT2D eigenvalue weighted by molar-refractivity contribution is 0.210. The van der Waals surface area contributed by atoms with E-state index in [1.165, 1.54) is 12.0 Å². The van der Waals surface area contributed by atoms with Crippen LogP contribution in [-0.2, 0) is 0 Å². The molecule has 1 heterocycles. The van der Waals surface area contributed by atoms with Crippen molar-refractivity contribution in [1.82, 2.24) is 9.97 Å². The highest BCUT2D eigenvalue weighted by Crippen LogP contribution is 2.33. The van der Waals surface area contributed by atoms with E-state index in [9.17, 15) is 5.11 Å². The maximum absolute atomic E-state index is 10.4.